The first-order valence-corrected chi connectivity index (χ1v) is 9.55. The Balaban J connectivity index is 2.12. The highest BCUT2D eigenvalue weighted by molar-refractivity contribution is 6.04. The number of furan rings is 1. The molecule has 0 bridgehead atoms. The van der Waals surface area contributed by atoms with Crippen LogP contribution >= 0.6 is 0 Å². The Morgan fingerprint density at radius 3 is 2.43 bits per heavy atom. The van der Waals surface area contributed by atoms with Gasteiger partial charge in [-0.3, -0.25) is 0 Å². The van der Waals surface area contributed by atoms with E-state index in [4.69, 9.17) is 9.15 Å². The summed E-state index contributed by atoms with van der Waals surface area (Å²) in [5, 5.41) is 12.3. The van der Waals surface area contributed by atoms with Crippen LogP contribution in [0.25, 0.3) is 22.1 Å². The lowest BCUT2D eigenvalue weighted by molar-refractivity contribution is 0.0508. The zero-order valence-electron chi connectivity index (χ0n) is 17.9. The molecular weight excluding hydrogens is 354 g/mol. The maximum Gasteiger partial charge on any atom is 0.408 e. The van der Waals surface area contributed by atoms with Crippen LogP contribution in [0.5, 0.6) is 0 Å². The first-order valence-electron chi connectivity index (χ1n) is 9.55. The smallest absolute Gasteiger partial charge is 0.408 e. The van der Waals surface area contributed by atoms with Crippen LogP contribution in [0.3, 0.4) is 0 Å². The fraction of sp³-hybridized carbons (Fsp3) is 0.500. The normalized spacial score (nSPS) is 13.7. The number of amides is 1. The second-order valence-electron chi connectivity index (χ2n) is 9.39. The Kier molecular flexibility index (Phi) is 4.86. The Morgan fingerprint density at radius 2 is 1.82 bits per heavy atom. The van der Waals surface area contributed by atoms with E-state index in [9.17, 15) is 4.79 Å². The Hall–Kier alpha value is -2.63. The average molecular weight is 383 g/mol. The van der Waals surface area contributed by atoms with E-state index in [-0.39, 0.29) is 11.5 Å². The van der Waals surface area contributed by atoms with Gasteiger partial charge in [0.25, 0.3) is 0 Å². The van der Waals surface area contributed by atoms with Gasteiger partial charge in [-0.2, -0.15) is 5.10 Å². The molecule has 1 aromatic carbocycles. The molecule has 0 spiro atoms. The minimum atomic E-state index is -0.553. The van der Waals surface area contributed by atoms with E-state index < -0.39 is 11.7 Å². The molecule has 0 aliphatic rings. The zero-order valence-corrected chi connectivity index (χ0v) is 17.9. The quantitative estimate of drug-likeness (QED) is 0.626. The summed E-state index contributed by atoms with van der Waals surface area (Å²) in [5.41, 5.74) is 4.48. The molecule has 6 heteroatoms. The molecule has 0 saturated heterocycles. The maximum atomic E-state index is 12.2. The third-order valence-corrected chi connectivity index (χ3v) is 4.53. The van der Waals surface area contributed by atoms with Gasteiger partial charge < -0.3 is 14.5 Å². The standard InChI is InChI=1S/C22H29N3O3/c1-12-9-14(13(2)24-20(26)28-22(6,7)8)18-15(10-12)17-19(27-18)16(11-23-25-17)21(3,4)5/h9-11,13H,1-8H3,(H,24,26)/t13-/m1/s1. The van der Waals surface area contributed by atoms with Gasteiger partial charge in [-0.15, -0.1) is 5.10 Å². The molecule has 150 valence electrons. The third kappa shape index (κ3) is 3.96. The lowest BCUT2D eigenvalue weighted by atomic mass is 9.88. The van der Waals surface area contributed by atoms with E-state index in [1.807, 2.05) is 46.8 Å². The minimum Gasteiger partial charge on any atom is -0.454 e. The van der Waals surface area contributed by atoms with Crippen molar-refractivity contribution in [3.63, 3.8) is 0 Å². The van der Waals surface area contributed by atoms with E-state index in [0.29, 0.717) is 0 Å². The molecule has 1 atom stereocenters. The monoisotopic (exact) mass is 383 g/mol. The van der Waals surface area contributed by atoms with Crippen molar-refractivity contribution in [2.45, 2.75) is 72.4 Å². The highest BCUT2D eigenvalue weighted by Gasteiger charge is 2.25. The minimum absolute atomic E-state index is 0.127. The second kappa shape index (κ2) is 6.76. The molecule has 3 rings (SSSR count). The lowest BCUT2D eigenvalue weighted by Crippen LogP contribution is -2.34. The van der Waals surface area contributed by atoms with Crippen LogP contribution in [-0.2, 0) is 10.2 Å². The average Bonchev–Trinajstić information content (AvgIpc) is 2.89. The van der Waals surface area contributed by atoms with Crippen LogP contribution in [0.2, 0.25) is 0 Å². The van der Waals surface area contributed by atoms with Gasteiger partial charge in [-0.25, -0.2) is 4.79 Å². The Labute approximate surface area is 165 Å². The molecule has 0 aliphatic heterocycles. The molecule has 0 fully saturated rings. The number of carbonyl (C=O) groups excluding carboxylic acids is 1. The van der Waals surface area contributed by atoms with Gasteiger partial charge in [-0.1, -0.05) is 26.8 Å². The summed E-state index contributed by atoms with van der Waals surface area (Å²) in [6, 6.07) is 3.78. The van der Waals surface area contributed by atoms with Gasteiger partial charge in [0.05, 0.1) is 12.2 Å². The summed E-state index contributed by atoms with van der Waals surface area (Å²) in [5.74, 6) is 0. The summed E-state index contributed by atoms with van der Waals surface area (Å²) in [6.45, 7) is 15.8. The number of alkyl carbamates (subject to hydrolysis) is 1. The van der Waals surface area contributed by atoms with Gasteiger partial charge in [0.1, 0.15) is 16.7 Å². The predicted octanol–water partition coefficient (Wildman–Crippen LogP) is 5.57. The molecule has 0 aliphatic carbocycles. The van der Waals surface area contributed by atoms with Crippen molar-refractivity contribution in [1.29, 1.82) is 0 Å². The Bertz CT molecular complexity index is 1040. The number of nitrogens with one attached hydrogen (secondary N) is 1. The summed E-state index contributed by atoms with van der Waals surface area (Å²) in [6.07, 6.45) is 1.31. The molecule has 1 amide bonds. The topological polar surface area (TPSA) is 77.2 Å². The number of hydrogen-bond acceptors (Lipinski definition) is 5. The van der Waals surface area contributed by atoms with Gasteiger partial charge in [-0.05, 0) is 51.7 Å². The Morgan fingerprint density at radius 1 is 1.14 bits per heavy atom. The fourth-order valence-electron chi connectivity index (χ4n) is 3.27. The predicted molar refractivity (Wildman–Crippen MR) is 111 cm³/mol. The van der Waals surface area contributed by atoms with Crippen molar-refractivity contribution >= 4 is 28.2 Å². The molecule has 0 radical (unpaired) electrons. The number of benzene rings is 1. The molecule has 2 heterocycles. The van der Waals surface area contributed by atoms with Crippen LogP contribution in [0.4, 0.5) is 4.79 Å². The van der Waals surface area contributed by atoms with E-state index in [0.717, 1.165) is 38.8 Å². The number of aryl methyl sites for hydroxylation is 1. The number of ether oxygens (including phenoxy) is 1. The number of hydrogen-bond donors (Lipinski definition) is 1. The van der Waals surface area contributed by atoms with E-state index in [1.165, 1.54) is 0 Å². The summed E-state index contributed by atoms with van der Waals surface area (Å²) in [4.78, 5) is 12.2. The van der Waals surface area contributed by atoms with Crippen molar-refractivity contribution in [1.82, 2.24) is 15.5 Å². The van der Waals surface area contributed by atoms with Crippen molar-refractivity contribution in [2.75, 3.05) is 0 Å². The number of rotatable bonds is 2. The summed E-state index contributed by atoms with van der Waals surface area (Å²) >= 11 is 0. The van der Waals surface area contributed by atoms with Gasteiger partial charge in [0.15, 0.2) is 5.58 Å². The third-order valence-electron chi connectivity index (χ3n) is 4.53. The van der Waals surface area contributed by atoms with Gasteiger partial charge in [0.2, 0.25) is 0 Å². The number of carbonyl (C=O) groups is 1. The second-order valence-corrected chi connectivity index (χ2v) is 9.39. The maximum absolute atomic E-state index is 12.2. The lowest BCUT2D eigenvalue weighted by Gasteiger charge is -2.22. The van der Waals surface area contributed by atoms with Gasteiger partial charge >= 0.3 is 6.09 Å². The molecular formula is C22H29N3O3. The first kappa shape index (κ1) is 20.1. The molecule has 6 nitrogen and oxygen atoms in total. The van der Waals surface area contributed by atoms with E-state index in [2.05, 4.69) is 36.3 Å². The van der Waals surface area contributed by atoms with Gasteiger partial charge in [0, 0.05) is 16.5 Å². The van der Waals surface area contributed by atoms with Crippen molar-refractivity contribution < 1.29 is 13.9 Å². The number of aromatic nitrogens is 2. The van der Waals surface area contributed by atoms with Crippen molar-refractivity contribution in [2.24, 2.45) is 0 Å². The molecule has 3 aromatic rings. The van der Waals surface area contributed by atoms with Crippen LogP contribution in [-0.4, -0.2) is 21.9 Å². The van der Waals surface area contributed by atoms with E-state index >= 15 is 0 Å². The summed E-state index contributed by atoms with van der Waals surface area (Å²) < 4.78 is 11.7. The van der Waals surface area contributed by atoms with Crippen molar-refractivity contribution in [3.05, 3.63) is 35.0 Å². The zero-order chi connectivity index (χ0) is 20.9. The fourth-order valence-corrected chi connectivity index (χ4v) is 3.27. The summed E-state index contributed by atoms with van der Waals surface area (Å²) in [7, 11) is 0. The highest BCUT2D eigenvalue weighted by atomic mass is 16.6. The van der Waals surface area contributed by atoms with E-state index in [1.54, 1.807) is 6.20 Å². The van der Waals surface area contributed by atoms with Crippen LogP contribution < -0.4 is 5.32 Å². The molecule has 2 aromatic heterocycles. The number of fused-ring (bicyclic) bond motifs is 3. The first-order chi connectivity index (χ1) is 12.9. The molecule has 0 unspecified atom stereocenters. The SMILES string of the molecule is Cc1cc([C@@H](C)NC(=O)OC(C)(C)C)c2oc3c(C(C)(C)C)cnnc3c2c1. The molecule has 28 heavy (non-hydrogen) atoms. The largest absolute Gasteiger partial charge is 0.454 e. The van der Waals surface area contributed by atoms with Crippen LogP contribution in [0.15, 0.2) is 22.7 Å². The highest BCUT2D eigenvalue weighted by Crippen LogP contribution is 2.37. The van der Waals surface area contributed by atoms with Crippen LogP contribution in [0, 0.1) is 6.92 Å². The van der Waals surface area contributed by atoms with Crippen LogP contribution in [0.1, 0.15) is 71.2 Å². The van der Waals surface area contributed by atoms with Crippen molar-refractivity contribution in [3.8, 4) is 0 Å². The number of nitrogens with zero attached hydrogens (tertiary/aromatic N) is 2. The molecule has 0 saturated carbocycles. The molecule has 1 N–H and O–H groups in total.